The zero-order chi connectivity index (χ0) is 18.1. The first-order valence-corrected chi connectivity index (χ1v) is 9.86. The van der Waals surface area contributed by atoms with Gasteiger partial charge in [-0.2, -0.15) is 0 Å². The molecule has 3 aliphatic rings. The van der Waals surface area contributed by atoms with Crippen molar-refractivity contribution < 1.29 is 14.6 Å². The number of aromatic nitrogens is 1. The summed E-state index contributed by atoms with van der Waals surface area (Å²) in [7, 11) is 1.73. The lowest BCUT2D eigenvalue weighted by atomic mass is 9.58. The average Bonchev–Trinajstić information content (AvgIpc) is 2.72. The molecular formula is C20H29N3O3. The molecular weight excluding hydrogens is 330 g/mol. The van der Waals surface area contributed by atoms with E-state index in [1.165, 1.54) is 6.42 Å². The highest BCUT2D eigenvalue weighted by molar-refractivity contribution is 5.99. The minimum atomic E-state index is -0.271. The monoisotopic (exact) mass is 359 g/mol. The Morgan fingerprint density at radius 2 is 1.96 bits per heavy atom. The van der Waals surface area contributed by atoms with E-state index >= 15 is 0 Å². The molecule has 3 heterocycles. The number of aliphatic hydroxyl groups excluding tert-OH is 1. The van der Waals surface area contributed by atoms with E-state index in [9.17, 15) is 9.90 Å². The van der Waals surface area contributed by atoms with Crippen LogP contribution in [0.3, 0.4) is 0 Å². The van der Waals surface area contributed by atoms with E-state index in [4.69, 9.17) is 4.74 Å². The van der Waals surface area contributed by atoms with Crippen LogP contribution in [0.1, 0.15) is 48.9 Å². The first kappa shape index (κ1) is 17.7. The maximum absolute atomic E-state index is 13.0. The third-order valence-electron chi connectivity index (χ3n) is 6.68. The van der Waals surface area contributed by atoms with Crippen LogP contribution in [0.4, 0.5) is 5.82 Å². The minimum Gasteiger partial charge on any atom is -0.392 e. The molecule has 1 aromatic heterocycles. The van der Waals surface area contributed by atoms with Gasteiger partial charge in [0, 0.05) is 51.3 Å². The number of amides is 1. The number of methoxy groups -OCH3 is 1. The molecule has 0 bridgehead atoms. The number of rotatable bonds is 3. The van der Waals surface area contributed by atoms with Gasteiger partial charge in [-0.15, -0.1) is 0 Å². The minimum absolute atomic E-state index is 0.103. The Balaban J connectivity index is 1.50. The van der Waals surface area contributed by atoms with Gasteiger partial charge in [-0.25, -0.2) is 4.98 Å². The third kappa shape index (κ3) is 2.89. The number of ether oxygens (including phenoxy) is 1. The molecule has 0 aromatic carbocycles. The number of pyridine rings is 1. The number of piperidine rings is 2. The second-order valence-corrected chi connectivity index (χ2v) is 7.92. The average molecular weight is 359 g/mol. The molecule has 2 saturated heterocycles. The molecule has 1 aliphatic carbocycles. The number of anilines is 1. The van der Waals surface area contributed by atoms with E-state index in [-0.39, 0.29) is 23.5 Å². The van der Waals surface area contributed by atoms with Gasteiger partial charge in [-0.05, 0) is 44.2 Å². The molecule has 1 amide bonds. The van der Waals surface area contributed by atoms with Crippen LogP contribution in [-0.4, -0.2) is 66.4 Å². The number of hydrogen-bond donors (Lipinski definition) is 1. The molecule has 142 valence electrons. The highest BCUT2D eigenvalue weighted by Gasteiger charge is 2.56. The molecule has 1 aromatic rings. The zero-order valence-electron chi connectivity index (χ0n) is 15.6. The Hall–Kier alpha value is -1.66. The van der Waals surface area contributed by atoms with E-state index < -0.39 is 0 Å². The molecule has 0 unspecified atom stereocenters. The van der Waals surface area contributed by atoms with Crippen molar-refractivity contribution in [2.45, 2.75) is 50.7 Å². The first-order valence-electron chi connectivity index (χ1n) is 9.86. The molecule has 2 atom stereocenters. The molecule has 2 aliphatic heterocycles. The van der Waals surface area contributed by atoms with Crippen molar-refractivity contribution in [1.29, 1.82) is 0 Å². The summed E-state index contributed by atoms with van der Waals surface area (Å²) < 4.78 is 5.58. The van der Waals surface area contributed by atoms with Crippen molar-refractivity contribution in [2.75, 3.05) is 38.2 Å². The van der Waals surface area contributed by atoms with Gasteiger partial charge >= 0.3 is 0 Å². The molecule has 1 N–H and O–H groups in total. The highest BCUT2D eigenvalue weighted by atomic mass is 16.5. The van der Waals surface area contributed by atoms with E-state index in [2.05, 4.69) is 9.88 Å². The van der Waals surface area contributed by atoms with E-state index in [0.29, 0.717) is 5.56 Å². The fraction of sp³-hybridized carbons (Fsp3) is 0.700. The molecule has 26 heavy (non-hydrogen) atoms. The second kappa shape index (κ2) is 7.16. The largest absolute Gasteiger partial charge is 0.392 e. The summed E-state index contributed by atoms with van der Waals surface area (Å²) in [5, 5.41) is 10.3. The Bertz CT molecular complexity index is 651. The van der Waals surface area contributed by atoms with Gasteiger partial charge < -0.3 is 19.6 Å². The van der Waals surface area contributed by atoms with Crippen LogP contribution in [-0.2, 0) is 4.74 Å². The van der Waals surface area contributed by atoms with Crippen LogP contribution >= 0.6 is 0 Å². The first-order chi connectivity index (χ1) is 12.7. The van der Waals surface area contributed by atoms with Crippen LogP contribution in [0.15, 0.2) is 18.3 Å². The SMILES string of the molecule is CO[C@@H]1C[C@H](O)C12CCN(c1ncccc1C(=O)N1CCCCC1)CC2. The molecule has 0 radical (unpaired) electrons. The molecule has 1 spiro atoms. The fourth-order valence-corrected chi connectivity index (χ4v) is 4.93. The summed E-state index contributed by atoms with van der Waals surface area (Å²) in [5.41, 5.74) is 0.597. The van der Waals surface area contributed by atoms with Gasteiger partial charge in [0.15, 0.2) is 0 Å². The topological polar surface area (TPSA) is 65.9 Å². The van der Waals surface area contributed by atoms with E-state index in [1.54, 1.807) is 13.3 Å². The van der Waals surface area contributed by atoms with Gasteiger partial charge in [-0.3, -0.25) is 4.79 Å². The van der Waals surface area contributed by atoms with E-state index in [1.807, 2.05) is 17.0 Å². The van der Waals surface area contributed by atoms with Crippen LogP contribution in [0.25, 0.3) is 0 Å². The molecule has 4 rings (SSSR count). The molecule has 3 fully saturated rings. The van der Waals surface area contributed by atoms with Crippen LogP contribution in [0.5, 0.6) is 0 Å². The summed E-state index contributed by atoms with van der Waals surface area (Å²) in [5.74, 6) is 0.896. The second-order valence-electron chi connectivity index (χ2n) is 7.92. The maximum atomic E-state index is 13.0. The quantitative estimate of drug-likeness (QED) is 0.895. The van der Waals surface area contributed by atoms with Crippen molar-refractivity contribution >= 4 is 11.7 Å². The van der Waals surface area contributed by atoms with Crippen LogP contribution in [0, 0.1) is 5.41 Å². The van der Waals surface area contributed by atoms with Crippen molar-refractivity contribution in [3.05, 3.63) is 23.9 Å². The van der Waals surface area contributed by atoms with Crippen LogP contribution in [0.2, 0.25) is 0 Å². The van der Waals surface area contributed by atoms with Gasteiger partial charge in [0.2, 0.25) is 0 Å². The van der Waals surface area contributed by atoms with Crippen molar-refractivity contribution in [2.24, 2.45) is 5.41 Å². The van der Waals surface area contributed by atoms with Gasteiger partial charge in [0.25, 0.3) is 5.91 Å². The van der Waals surface area contributed by atoms with Crippen molar-refractivity contribution in [3.8, 4) is 0 Å². The summed E-state index contributed by atoms with van der Waals surface area (Å²) >= 11 is 0. The predicted molar refractivity (Wildman–Crippen MR) is 99.3 cm³/mol. The number of carbonyl (C=O) groups is 1. The van der Waals surface area contributed by atoms with Crippen molar-refractivity contribution in [3.63, 3.8) is 0 Å². The molecule has 6 heteroatoms. The highest BCUT2D eigenvalue weighted by Crippen LogP contribution is 2.51. The van der Waals surface area contributed by atoms with Gasteiger partial charge in [-0.1, -0.05) is 0 Å². The Kier molecular flexibility index (Phi) is 4.88. The van der Waals surface area contributed by atoms with Gasteiger partial charge in [0.1, 0.15) is 5.82 Å². The Morgan fingerprint density at radius 1 is 1.23 bits per heavy atom. The summed E-state index contributed by atoms with van der Waals surface area (Å²) in [4.78, 5) is 21.7. The summed E-state index contributed by atoms with van der Waals surface area (Å²) in [6, 6.07) is 3.75. The molecule has 6 nitrogen and oxygen atoms in total. The maximum Gasteiger partial charge on any atom is 0.257 e. The zero-order valence-corrected chi connectivity index (χ0v) is 15.6. The fourth-order valence-electron chi connectivity index (χ4n) is 4.93. The Labute approximate surface area is 155 Å². The predicted octanol–water partition coefficient (Wildman–Crippen LogP) is 2.07. The normalized spacial score (nSPS) is 28.1. The smallest absolute Gasteiger partial charge is 0.257 e. The number of likely N-dealkylation sites (tertiary alicyclic amines) is 1. The van der Waals surface area contributed by atoms with Crippen molar-refractivity contribution in [1.82, 2.24) is 9.88 Å². The summed E-state index contributed by atoms with van der Waals surface area (Å²) in [6.07, 6.45) is 7.52. The number of nitrogens with zero attached hydrogens (tertiary/aromatic N) is 3. The Morgan fingerprint density at radius 3 is 2.62 bits per heavy atom. The lowest BCUT2D eigenvalue weighted by molar-refractivity contribution is -0.190. The molecule has 1 saturated carbocycles. The lowest BCUT2D eigenvalue weighted by Crippen LogP contribution is -2.62. The summed E-state index contributed by atoms with van der Waals surface area (Å²) in [6.45, 7) is 3.29. The van der Waals surface area contributed by atoms with Gasteiger partial charge in [0.05, 0.1) is 17.8 Å². The van der Waals surface area contributed by atoms with E-state index in [0.717, 1.165) is 64.1 Å². The number of carbonyl (C=O) groups excluding carboxylic acids is 1. The third-order valence-corrected chi connectivity index (χ3v) is 6.68. The van der Waals surface area contributed by atoms with Crippen LogP contribution < -0.4 is 4.90 Å². The lowest BCUT2D eigenvalue weighted by Gasteiger charge is -2.56. The number of aliphatic hydroxyl groups is 1. The standard InChI is InChI=1S/C20H29N3O3/c1-26-17-14-16(24)20(17)7-12-22(13-8-20)18-15(6-5-9-21-18)19(25)23-10-3-2-4-11-23/h5-6,9,16-17,24H,2-4,7-8,10-14H2,1H3/t16-,17+/m0/s1. The number of hydrogen-bond acceptors (Lipinski definition) is 5.